The number of hydrogen-bond acceptors (Lipinski definition) is 4. The SMILES string of the molecule is CC(N)Cc1cnc(-c2ncccc2Cl)nc1. The molecule has 2 rings (SSSR count). The van der Waals surface area contributed by atoms with Crippen molar-refractivity contribution in [3.8, 4) is 11.5 Å². The van der Waals surface area contributed by atoms with Gasteiger partial charge >= 0.3 is 0 Å². The molecule has 88 valence electrons. The summed E-state index contributed by atoms with van der Waals surface area (Å²) in [5, 5.41) is 0.549. The highest BCUT2D eigenvalue weighted by Gasteiger charge is 2.07. The van der Waals surface area contributed by atoms with E-state index in [-0.39, 0.29) is 6.04 Å². The zero-order valence-corrected chi connectivity index (χ0v) is 10.2. The maximum Gasteiger partial charge on any atom is 0.179 e. The molecule has 2 aromatic heterocycles. The first-order chi connectivity index (χ1) is 8.16. The molecule has 0 aliphatic heterocycles. The average Bonchev–Trinajstić information content (AvgIpc) is 2.30. The first-order valence-corrected chi connectivity index (χ1v) is 5.72. The molecule has 0 aliphatic rings. The molecule has 0 saturated heterocycles. The summed E-state index contributed by atoms with van der Waals surface area (Å²) in [6.45, 7) is 1.95. The summed E-state index contributed by atoms with van der Waals surface area (Å²) >= 11 is 6.02. The van der Waals surface area contributed by atoms with E-state index in [0.29, 0.717) is 16.5 Å². The molecule has 0 amide bonds. The molecule has 1 atom stereocenters. The molecule has 0 spiro atoms. The molecule has 17 heavy (non-hydrogen) atoms. The van der Waals surface area contributed by atoms with Crippen LogP contribution in [0.5, 0.6) is 0 Å². The number of rotatable bonds is 3. The monoisotopic (exact) mass is 248 g/mol. The lowest BCUT2D eigenvalue weighted by Crippen LogP contribution is -2.18. The zero-order chi connectivity index (χ0) is 12.3. The van der Waals surface area contributed by atoms with E-state index in [1.54, 1.807) is 30.7 Å². The van der Waals surface area contributed by atoms with Crippen molar-refractivity contribution in [1.29, 1.82) is 0 Å². The van der Waals surface area contributed by atoms with Crippen molar-refractivity contribution in [1.82, 2.24) is 15.0 Å². The Labute approximate surface area is 105 Å². The summed E-state index contributed by atoms with van der Waals surface area (Å²) < 4.78 is 0. The number of nitrogens with two attached hydrogens (primary N) is 1. The van der Waals surface area contributed by atoms with E-state index >= 15 is 0 Å². The molecule has 0 radical (unpaired) electrons. The van der Waals surface area contributed by atoms with Crippen LogP contribution in [0.3, 0.4) is 0 Å². The van der Waals surface area contributed by atoms with Crippen molar-refractivity contribution in [2.75, 3.05) is 0 Å². The molecular weight excluding hydrogens is 236 g/mol. The predicted molar refractivity (Wildman–Crippen MR) is 67.6 cm³/mol. The van der Waals surface area contributed by atoms with Gasteiger partial charge in [0.2, 0.25) is 0 Å². The van der Waals surface area contributed by atoms with Crippen LogP contribution >= 0.6 is 11.6 Å². The Morgan fingerprint density at radius 2 is 2.00 bits per heavy atom. The van der Waals surface area contributed by atoms with E-state index in [2.05, 4.69) is 15.0 Å². The standard InChI is InChI=1S/C12H13ClN4/c1-8(14)5-9-6-16-12(17-7-9)11-10(13)3-2-4-15-11/h2-4,6-8H,5,14H2,1H3. The fourth-order valence-electron chi connectivity index (χ4n) is 1.50. The van der Waals surface area contributed by atoms with Gasteiger partial charge < -0.3 is 5.73 Å². The Morgan fingerprint density at radius 3 is 2.59 bits per heavy atom. The fourth-order valence-corrected chi connectivity index (χ4v) is 1.71. The maximum absolute atomic E-state index is 6.02. The Hall–Kier alpha value is -1.52. The van der Waals surface area contributed by atoms with Gasteiger partial charge in [-0.2, -0.15) is 0 Å². The van der Waals surface area contributed by atoms with Gasteiger partial charge in [-0.25, -0.2) is 9.97 Å². The third-order valence-electron chi connectivity index (χ3n) is 2.23. The third kappa shape index (κ3) is 2.99. The number of pyridine rings is 1. The van der Waals surface area contributed by atoms with Gasteiger partial charge in [0, 0.05) is 24.6 Å². The van der Waals surface area contributed by atoms with Crippen molar-refractivity contribution in [2.24, 2.45) is 5.73 Å². The lowest BCUT2D eigenvalue weighted by atomic mass is 10.1. The Balaban J connectivity index is 2.27. The quantitative estimate of drug-likeness (QED) is 0.903. The van der Waals surface area contributed by atoms with E-state index in [9.17, 15) is 0 Å². The molecule has 0 bridgehead atoms. The molecule has 4 nitrogen and oxygen atoms in total. The van der Waals surface area contributed by atoms with Crippen LogP contribution in [0.2, 0.25) is 5.02 Å². The minimum Gasteiger partial charge on any atom is -0.328 e. The first kappa shape index (κ1) is 12.0. The van der Waals surface area contributed by atoms with Crippen LogP contribution in [0.1, 0.15) is 12.5 Å². The van der Waals surface area contributed by atoms with Gasteiger partial charge in [0.15, 0.2) is 5.82 Å². The van der Waals surface area contributed by atoms with Gasteiger partial charge in [-0.15, -0.1) is 0 Å². The van der Waals surface area contributed by atoms with E-state index < -0.39 is 0 Å². The molecule has 0 saturated carbocycles. The Kier molecular flexibility index (Phi) is 3.66. The molecular formula is C12H13ClN4. The van der Waals surface area contributed by atoms with E-state index in [4.69, 9.17) is 17.3 Å². The summed E-state index contributed by atoms with van der Waals surface area (Å²) in [4.78, 5) is 12.7. The summed E-state index contributed by atoms with van der Waals surface area (Å²) in [7, 11) is 0. The molecule has 0 aromatic carbocycles. The summed E-state index contributed by atoms with van der Waals surface area (Å²) in [6, 6.07) is 3.64. The minimum absolute atomic E-state index is 0.0999. The predicted octanol–water partition coefficient (Wildman–Crippen LogP) is 2.08. The lowest BCUT2D eigenvalue weighted by Gasteiger charge is -2.05. The van der Waals surface area contributed by atoms with Crippen LogP contribution in [-0.2, 0) is 6.42 Å². The number of halogens is 1. The van der Waals surface area contributed by atoms with Crippen LogP contribution in [0.15, 0.2) is 30.7 Å². The van der Waals surface area contributed by atoms with Crippen molar-refractivity contribution < 1.29 is 0 Å². The van der Waals surface area contributed by atoms with Crippen molar-refractivity contribution >= 4 is 11.6 Å². The lowest BCUT2D eigenvalue weighted by molar-refractivity contribution is 0.732. The second-order valence-electron chi connectivity index (χ2n) is 3.93. The fraction of sp³-hybridized carbons (Fsp3) is 0.250. The molecule has 2 aromatic rings. The molecule has 1 unspecified atom stereocenters. The second kappa shape index (κ2) is 5.21. The minimum atomic E-state index is 0.0999. The topological polar surface area (TPSA) is 64.7 Å². The van der Waals surface area contributed by atoms with Crippen molar-refractivity contribution in [2.45, 2.75) is 19.4 Å². The highest BCUT2D eigenvalue weighted by molar-refractivity contribution is 6.32. The number of nitrogens with zero attached hydrogens (tertiary/aromatic N) is 3. The van der Waals surface area contributed by atoms with Crippen LogP contribution in [-0.4, -0.2) is 21.0 Å². The van der Waals surface area contributed by atoms with Crippen LogP contribution in [0, 0.1) is 0 Å². The smallest absolute Gasteiger partial charge is 0.179 e. The van der Waals surface area contributed by atoms with Gasteiger partial charge in [-0.3, -0.25) is 4.98 Å². The largest absolute Gasteiger partial charge is 0.328 e. The molecule has 2 heterocycles. The van der Waals surface area contributed by atoms with E-state index in [1.165, 1.54) is 0 Å². The third-order valence-corrected chi connectivity index (χ3v) is 2.54. The number of hydrogen-bond donors (Lipinski definition) is 1. The van der Waals surface area contributed by atoms with Crippen LogP contribution in [0.25, 0.3) is 11.5 Å². The molecule has 0 aliphatic carbocycles. The van der Waals surface area contributed by atoms with Crippen molar-refractivity contribution in [3.63, 3.8) is 0 Å². The first-order valence-electron chi connectivity index (χ1n) is 5.34. The molecule has 2 N–H and O–H groups in total. The highest BCUT2D eigenvalue weighted by Crippen LogP contribution is 2.21. The Bertz CT molecular complexity index is 496. The summed E-state index contributed by atoms with van der Waals surface area (Å²) in [6.07, 6.45) is 5.95. The Morgan fingerprint density at radius 1 is 1.29 bits per heavy atom. The van der Waals surface area contributed by atoms with Gasteiger partial charge in [0.05, 0.1) is 5.02 Å². The van der Waals surface area contributed by atoms with Crippen LogP contribution < -0.4 is 5.73 Å². The summed E-state index contributed by atoms with van der Waals surface area (Å²) in [5.41, 5.74) is 7.32. The van der Waals surface area contributed by atoms with E-state index in [0.717, 1.165) is 12.0 Å². The van der Waals surface area contributed by atoms with Gasteiger partial charge in [-0.05, 0) is 31.0 Å². The van der Waals surface area contributed by atoms with E-state index in [1.807, 2.05) is 6.92 Å². The molecule has 0 fully saturated rings. The van der Waals surface area contributed by atoms with Crippen LogP contribution in [0.4, 0.5) is 0 Å². The maximum atomic E-state index is 6.02. The average molecular weight is 249 g/mol. The highest BCUT2D eigenvalue weighted by atomic mass is 35.5. The normalized spacial score (nSPS) is 12.4. The second-order valence-corrected chi connectivity index (χ2v) is 4.34. The molecule has 5 heteroatoms. The number of aromatic nitrogens is 3. The van der Waals surface area contributed by atoms with Gasteiger partial charge in [0.25, 0.3) is 0 Å². The zero-order valence-electron chi connectivity index (χ0n) is 9.47. The van der Waals surface area contributed by atoms with Gasteiger partial charge in [0.1, 0.15) is 5.69 Å². The van der Waals surface area contributed by atoms with Crippen molar-refractivity contribution in [3.05, 3.63) is 41.3 Å². The summed E-state index contributed by atoms with van der Waals surface area (Å²) in [5.74, 6) is 0.532. The van der Waals surface area contributed by atoms with Gasteiger partial charge in [-0.1, -0.05) is 11.6 Å².